The Bertz CT molecular complexity index is 338. The first kappa shape index (κ1) is 14.2. The average Bonchev–Trinajstić information content (AvgIpc) is 2.70. The van der Waals surface area contributed by atoms with E-state index in [1.807, 2.05) is 0 Å². The van der Waals surface area contributed by atoms with Crippen LogP contribution in [0.25, 0.3) is 0 Å². The van der Waals surface area contributed by atoms with Crippen molar-refractivity contribution in [1.82, 2.24) is 20.2 Å². The molecule has 0 aliphatic heterocycles. The highest BCUT2D eigenvalue weighted by molar-refractivity contribution is 6.76. The Balaban J connectivity index is 2.30. The Morgan fingerprint density at radius 2 is 2.18 bits per heavy atom. The molecule has 0 bridgehead atoms. The molecule has 8 heteroatoms. The van der Waals surface area contributed by atoms with Crippen LogP contribution in [0.3, 0.4) is 0 Å². The number of aliphatic hydroxyl groups is 1. The minimum atomic E-state index is -1.06. The summed E-state index contributed by atoms with van der Waals surface area (Å²) in [6, 6.07) is 0.524. The fraction of sp³-hybridized carbons (Fsp3) is 0.889. The summed E-state index contributed by atoms with van der Waals surface area (Å²) in [5, 5.41) is 20.4. The molecule has 1 atom stereocenters. The van der Waals surface area contributed by atoms with Gasteiger partial charge in [-0.1, -0.05) is 19.6 Å². The van der Waals surface area contributed by atoms with Gasteiger partial charge in [0.05, 0.1) is 12.6 Å². The summed E-state index contributed by atoms with van der Waals surface area (Å²) in [6.07, 6.45) is 0. The molecule has 0 saturated carbocycles. The van der Waals surface area contributed by atoms with Crippen LogP contribution in [0.1, 0.15) is 11.9 Å². The summed E-state index contributed by atoms with van der Waals surface area (Å²) in [5.41, 5.74) is 5.56. The normalized spacial score (nSPS) is 13.9. The standard InChI is InChI=1S/C9H21N5O2Si/c1-17(2,3)5-4-16-7-14-12-9(11-13-14)8(10)6-15/h8,15H,4-7,10H2,1-3H3. The van der Waals surface area contributed by atoms with E-state index in [0.717, 1.165) is 6.04 Å². The van der Waals surface area contributed by atoms with Gasteiger partial charge in [0.15, 0.2) is 12.6 Å². The molecular weight excluding hydrogens is 238 g/mol. The van der Waals surface area contributed by atoms with Crippen molar-refractivity contribution in [2.45, 2.75) is 38.5 Å². The van der Waals surface area contributed by atoms with Crippen molar-refractivity contribution in [1.29, 1.82) is 0 Å². The van der Waals surface area contributed by atoms with Crippen molar-refractivity contribution in [3.8, 4) is 0 Å². The molecule has 0 fully saturated rings. The van der Waals surface area contributed by atoms with Crippen LogP contribution < -0.4 is 5.73 Å². The zero-order valence-electron chi connectivity index (χ0n) is 10.6. The number of aromatic nitrogens is 4. The number of hydrogen-bond donors (Lipinski definition) is 2. The Hall–Kier alpha value is -0.833. The first-order valence-electron chi connectivity index (χ1n) is 5.64. The molecule has 1 rings (SSSR count). The Morgan fingerprint density at radius 1 is 1.47 bits per heavy atom. The third-order valence-corrected chi connectivity index (χ3v) is 3.90. The van der Waals surface area contributed by atoms with Gasteiger partial charge < -0.3 is 15.6 Å². The van der Waals surface area contributed by atoms with E-state index in [-0.39, 0.29) is 13.3 Å². The molecule has 3 N–H and O–H groups in total. The first-order chi connectivity index (χ1) is 7.92. The van der Waals surface area contributed by atoms with Crippen LogP contribution in [0.4, 0.5) is 0 Å². The molecule has 7 nitrogen and oxygen atoms in total. The lowest BCUT2D eigenvalue weighted by Crippen LogP contribution is -2.22. The number of ether oxygens (including phenoxy) is 1. The van der Waals surface area contributed by atoms with Gasteiger partial charge in [0.1, 0.15) is 0 Å². The topological polar surface area (TPSA) is 99.1 Å². The number of rotatable bonds is 7. The molecule has 1 aromatic heterocycles. The van der Waals surface area contributed by atoms with Crippen LogP contribution in [-0.2, 0) is 11.5 Å². The molecule has 17 heavy (non-hydrogen) atoms. The van der Waals surface area contributed by atoms with Crippen molar-refractivity contribution < 1.29 is 9.84 Å². The van der Waals surface area contributed by atoms with Gasteiger partial charge in [-0.3, -0.25) is 0 Å². The van der Waals surface area contributed by atoms with Crippen LogP contribution in [0.2, 0.25) is 25.7 Å². The van der Waals surface area contributed by atoms with Crippen molar-refractivity contribution >= 4 is 8.07 Å². The van der Waals surface area contributed by atoms with Crippen molar-refractivity contribution in [3.63, 3.8) is 0 Å². The van der Waals surface area contributed by atoms with Crippen molar-refractivity contribution in [2.75, 3.05) is 13.2 Å². The van der Waals surface area contributed by atoms with E-state index in [1.165, 1.54) is 4.80 Å². The second kappa shape index (κ2) is 6.19. The van der Waals surface area contributed by atoms with Gasteiger partial charge in [0, 0.05) is 14.7 Å². The monoisotopic (exact) mass is 259 g/mol. The minimum absolute atomic E-state index is 0.192. The van der Waals surface area contributed by atoms with Gasteiger partial charge in [-0.15, -0.1) is 15.0 Å². The molecular formula is C9H21N5O2Si. The van der Waals surface area contributed by atoms with Crippen LogP contribution in [0.5, 0.6) is 0 Å². The molecule has 98 valence electrons. The van der Waals surface area contributed by atoms with Crippen LogP contribution in [-0.4, -0.2) is 46.6 Å². The fourth-order valence-electron chi connectivity index (χ4n) is 1.06. The summed E-state index contributed by atoms with van der Waals surface area (Å²) in [7, 11) is -1.06. The van der Waals surface area contributed by atoms with Crippen LogP contribution in [0.15, 0.2) is 0 Å². The number of hydrogen-bond acceptors (Lipinski definition) is 6. The number of nitrogens with two attached hydrogens (primary N) is 1. The third kappa shape index (κ3) is 5.35. The molecule has 0 radical (unpaired) electrons. The predicted molar refractivity (Wildman–Crippen MR) is 65.9 cm³/mol. The lowest BCUT2D eigenvalue weighted by molar-refractivity contribution is 0.0670. The maximum atomic E-state index is 8.83. The van der Waals surface area contributed by atoms with E-state index >= 15 is 0 Å². The minimum Gasteiger partial charge on any atom is -0.394 e. The quantitative estimate of drug-likeness (QED) is 0.527. The largest absolute Gasteiger partial charge is 0.394 e. The van der Waals surface area contributed by atoms with Crippen LogP contribution >= 0.6 is 0 Å². The number of aliphatic hydroxyl groups excluding tert-OH is 1. The molecule has 0 aromatic carbocycles. The smallest absolute Gasteiger partial charge is 0.193 e. The summed E-state index contributed by atoms with van der Waals surface area (Å²) in [6.45, 7) is 7.67. The summed E-state index contributed by atoms with van der Waals surface area (Å²) in [5.74, 6) is 0.335. The van der Waals surface area contributed by atoms with E-state index in [0.29, 0.717) is 12.4 Å². The van der Waals surface area contributed by atoms with Crippen molar-refractivity contribution in [3.05, 3.63) is 5.82 Å². The number of nitrogens with zero attached hydrogens (tertiary/aromatic N) is 4. The lowest BCUT2D eigenvalue weighted by Gasteiger charge is -2.14. The summed E-state index contributed by atoms with van der Waals surface area (Å²) >= 11 is 0. The van der Waals surface area contributed by atoms with E-state index in [1.54, 1.807) is 0 Å². The SMILES string of the molecule is C[Si](C)(C)CCOCn1nnc(C(N)CO)n1. The van der Waals surface area contributed by atoms with Crippen molar-refractivity contribution in [2.24, 2.45) is 5.73 Å². The van der Waals surface area contributed by atoms with E-state index in [9.17, 15) is 0 Å². The molecule has 0 aliphatic rings. The van der Waals surface area contributed by atoms with E-state index in [4.69, 9.17) is 15.6 Å². The zero-order chi connectivity index (χ0) is 12.9. The maximum absolute atomic E-state index is 8.83. The fourth-order valence-corrected chi connectivity index (χ4v) is 1.82. The Morgan fingerprint density at radius 3 is 2.76 bits per heavy atom. The van der Waals surface area contributed by atoms with Gasteiger partial charge in [0.25, 0.3) is 0 Å². The molecule has 1 aromatic rings. The molecule has 1 unspecified atom stereocenters. The van der Waals surface area contributed by atoms with Gasteiger partial charge in [-0.05, 0) is 11.3 Å². The maximum Gasteiger partial charge on any atom is 0.193 e. The average molecular weight is 259 g/mol. The van der Waals surface area contributed by atoms with E-state index < -0.39 is 14.1 Å². The highest BCUT2D eigenvalue weighted by Crippen LogP contribution is 2.07. The molecule has 0 amide bonds. The van der Waals surface area contributed by atoms with Crippen LogP contribution in [0, 0.1) is 0 Å². The molecule has 1 heterocycles. The lowest BCUT2D eigenvalue weighted by atomic mass is 10.3. The van der Waals surface area contributed by atoms with Gasteiger partial charge in [0.2, 0.25) is 0 Å². The second-order valence-corrected chi connectivity index (χ2v) is 10.8. The predicted octanol–water partition coefficient (Wildman–Crippen LogP) is -0.0225. The van der Waals surface area contributed by atoms with Gasteiger partial charge in [-0.2, -0.15) is 0 Å². The summed E-state index contributed by atoms with van der Waals surface area (Å²) < 4.78 is 5.45. The van der Waals surface area contributed by atoms with E-state index in [2.05, 4.69) is 35.1 Å². The first-order valence-corrected chi connectivity index (χ1v) is 9.35. The van der Waals surface area contributed by atoms with Gasteiger partial charge >= 0.3 is 0 Å². The van der Waals surface area contributed by atoms with Gasteiger partial charge in [-0.25, -0.2) is 0 Å². The number of tetrazole rings is 1. The highest BCUT2D eigenvalue weighted by atomic mass is 28.3. The second-order valence-electron chi connectivity index (χ2n) is 5.16. The highest BCUT2D eigenvalue weighted by Gasteiger charge is 2.13. The molecule has 0 saturated heterocycles. The molecule has 0 aliphatic carbocycles. The Labute approximate surface area is 102 Å². The zero-order valence-corrected chi connectivity index (χ0v) is 11.6. The Kier molecular flexibility index (Phi) is 5.19. The summed E-state index contributed by atoms with van der Waals surface area (Å²) in [4.78, 5) is 1.34. The molecule has 0 spiro atoms. The third-order valence-electron chi connectivity index (χ3n) is 2.20.